The minimum atomic E-state index is -1.78. The van der Waals surface area contributed by atoms with Gasteiger partial charge in [-0.1, -0.05) is 0 Å². The van der Waals surface area contributed by atoms with E-state index in [1.165, 1.54) is 11.3 Å². The van der Waals surface area contributed by atoms with Gasteiger partial charge in [0.05, 0.1) is 7.11 Å². The van der Waals surface area contributed by atoms with Gasteiger partial charge in [0.15, 0.2) is 5.06 Å². The normalized spacial score (nSPS) is 10.3. The number of thiophene rings is 1. The minimum absolute atomic E-state index is 0.466. The van der Waals surface area contributed by atoms with E-state index in [0.29, 0.717) is 5.06 Å². The summed E-state index contributed by atoms with van der Waals surface area (Å²) < 4.78 is 10.8. The first-order chi connectivity index (χ1) is 7.19. The molecule has 0 spiro atoms. The summed E-state index contributed by atoms with van der Waals surface area (Å²) in [5.74, 6) is 0.764. The zero-order valence-corrected chi connectivity index (χ0v) is 8.82. The molecule has 0 saturated heterocycles. The number of rotatable bonds is 3. The van der Waals surface area contributed by atoms with Gasteiger partial charge in [0.25, 0.3) is 0 Å². The van der Waals surface area contributed by atoms with Crippen LogP contribution in [0.25, 0.3) is 10.1 Å². The van der Waals surface area contributed by atoms with Crippen LogP contribution in [0.3, 0.4) is 0 Å². The van der Waals surface area contributed by atoms with Crippen molar-refractivity contribution in [3.63, 3.8) is 0 Å². The summed E-state index contributed by atoms with van der Waals surface area (Å²) in [5, 5.41) is 18.7. The molecule has 78 valence electrons. The summed E-state index contributed by atoms with van der Waals surface area (Å²) in [5.41, 5.74) is 0. The predicted octanol–water partition coefficient (Wildman–Crippen LogP) is 1.26. The van der Waals surface area contributed by atoms with Gasteiger partial charge in [0.1, 0.15) is 5.75 Å². The molecule has 0 fully saturated rings. The molecule has 0 aliphatic carbocycles. The Kier molecular flexibility index (Phi) is 2.81. The van der Waals surface area contributed by atoms with Crippen LogP contribution in [0.15, 0.2) is 24.3 Å². The predicted molar refractivity (Wildman–Crippen MR) is 59.2 cm³/mol. The van der Waals surface area contributed by atoms with E-state index in [9.17, 15) is 0 Å². The van der Waals surface area contributed by atoms with Crippen LogP contribution in [0.5, 0.6) is 10.8 Å². The van der Waals surface area contributed by atoms with E-state index >= 15 is 0 Å². The molecule has 0 atom stereocenters. The molecule has 0 unspecified atom stereocenters. The van der Waals surface area contributed by atoms with Crippen LogP contribution in [0, 0.1) is 0 Å². The van der Waals surface area contributed by atoms with Gasteiger partial charge in [0, 0.05) is 4.70 Å². The maximum Gasteiger partial charge on any atom is 0.708 e. The van der Waals surface area contributed by atoms with E-state index < -0.39 is 7.32 Å². The molecule has 1 heterocycles. The molecule has 0 aliphatic heterocycles. The van der Waals surface area contributed by atoms with Crippen LogP contribution < -0.4 is 9.39 Å². The first-order valence-corrected chi connectivity index (χ1v) is 5.11. The van der Waals surface area contributed by atoms with Crippen molar-refractivity contribution in [2.45, 2.75) is 0 Å². The zero-order valence-electron chi connectivity index (χ0n) is 8.01. The summed E-state index contributed by atoms with van der Waals surface area (Å²) in [4.78, 5) is 0. The molecule has 0 aliphatic rings. The number of hydrogen-bond donors (Lipinski definition) is 2. The van der Waals surface area contributed by atoms with Crippen LogP contribution in [0.1, 0.15) is 0 Å². The summed E-state index contributed by atoms with van der Waals surface area (Å²) in [6.45, 7) is 0. The Bertz CT molecular complexity index is 468. The largest absolute Gasteiger partial charge is 0.708 e. The van der Waals surface area contributed by atoms with Crippen LogP contribution in [0.4, 0.5) is 0 Å². The third-order valence-electron chi connectivity index (χ3n) is 1.93. The zero-order chi connectivity index (χ0) is 10.8. The van der Waals surface area contributed by atoms with Crippen LogP contribution in [0.2, 0.25) is 0 Å². The smallest absolute Gasteiger partial charge is 0.504 e. The lowest BCUT2D eigenvalue weighted by Gasteiger charge is -1.97. The van der Waals surface area contributed by atoms with Crippen molar-refractivity contribution < 1.29 is 19.4 Å². The Labute approximate surface area is 90.9 Å². The second-order valence-corrected chi connectivity index (χ2v) is 3.96. The Morgan fingerprint density at radius 3 is 2.73 bits per heavy atom. The Hall–Kier alpha value is -1.24. The van der Waals surface area contributed by atoms with Gasteiger partial charge >= 0.3 is 7.32 Å². The first kappa shape index (κ1) is 10.3. The molecule has 0 radical (unpaired) electrons. The van der Waals surface area contributed by atoms with Gasteiger partial charge in [-0.3, -0.25) is 0 Å². The Morgan fingerprint density at radius 1 is 1.27 bits per heavy atom. The summed E-state index contributed by atoms with van der Waals surface area (Å²) in [6, 6.07) is 7.35. The third kappa shape index (κ3) is 2.23. The topological polar surface area (TPSA) is 58.9 Å². The SMILES string of the molecule is COc1ccc2cc(OB(O)O)sc2c1. The number of hydrogen-bond acceptors (Lipinski definition) is 5. The average molecular weight is 224 g/mol. The van der Waals surface area contributed by atoms with Crippen molar-refractivity contribution in [1.29, 1.82) is 0 Å². The number of ether oxygens (including phenoxy) is 1. The monoisotopic (exact) mass is 224 g/mol. The fourth-order valence-electron chi connectivity index (χ4n) is 1.28. The van der Waals surface area contributed by atoms with Crippen molar-refractivity contribution in [3.05, 3.63) is 24.3 Å². The van der Waals surface area contributed by atoms with Crippen LogP contribution in [-0.2, 0) is 0 Å². The van der Waals surface area contributed by atoms with E-state index in [1.54, 1.807) is 13.2 Å². The second kappa shape index (κ2) is 4.10. The Morgan fingerprint density at radius 2 is 2.07 bits per heavy atom. The molecule has 0 amide bonds. The molecule has 15 heavy (non-hydrogen) atoms. The molecule has 6 heteroatoms. The van der Waals surface area contributed by atoms with Crippen LogP contribution >= 0.6 is 11.3 Å². The number of benzene rings is 1. The highest BCUT2D eigenvalue weighted by atomic mass is 32.1. The van der Waals surface area contributed by atoms with Gasteiger partial charge in [-0.05, 0) is 29.7 Å². The number of fused-ring (bicyclic) bond motifs is 1. The van der Waals surface area contributed by atoms with E-state index in [4.69, 9.17) is 19.4 Å². The maximum atomic E-state index is 8.65. The lowest BCUT2D eigenvalue weighted by Crippen LogP contribution is -2.19. The van der Waals surface area contributed by atoms with Crippen molar-refractivity contribution >= 4 is 28.7 Å². The highest BCUT2D eigenvalue weighted by molar-refractivity contribution is 7.20. The molecule has 0 bridgehead atoms. The molecule has 2 N–H and O–H groups in total. The first-order valence-electron chi connectivity index (χ1n) is 4.29. The molecular weight excluding hydrogens is 215 g/mol. The lowest BCUT2D eigenvalue weighted by molar-refractivity contribution is 0.292. The quantitative estimate of drug-likeness (QED) is 0.770. The maximum absolute atomic E-state index is 8.65. The molecule has 2 rings (SSSR count). The van der Waals surface area contributed by atoms with Gasteiger partial charge in [0.2, 0.25) is 0 Å². The molecule has 0 saturated carbocycles. The van der Waals surface area contributed by atoms with Crippen molar-refractivity contribution in [2.24, 2.45) is 0 Å². The van der Waals surface area contributed by atoms with Gasteiger partial charge in [-0.25, -0.2) is 0 Å². The van der Waals surface area contributed by atoms with Gasteiger partial charge in [-0.15, -0.1) is 11.3 Å². The average Bonchev–Trinajstić information content (AvgIpc) is 2.57. The molecule has 2 aromatic rings. The van der Waals surface area contributed by atoms with E-state index in [2.05, 4.69) is 0 Å². The molecular formula is C9H9BO4S. The van der Waals surface area contributed by atoms with Gasteiger partial charge < -0.3 is 19.4 Å². The number of methoxy groups -OCH3 is 1. The standard InChI is InChI=1S/C9H9BO4S/c1-13-7-3-2-6-4-9(14-10(11)12)15-8(6)5-7/h2-5,11-12H,1H3. The summed E-state index contributed by atoms with van der Waals surface area (Å²) >= 11 is 1.33. The van der Waals surface area contributed by atoms with Crippen molar-refractivity contribution in [2.75, 3.05) is 7.11 Å². The summed E-state index contributed by atoms with van der Waals surface area (Å²) in [7, 11) is -0.177. The van der Waals surface area contributed by atoms with Crippen molar-refractivity contribution in [3.8, 4) is 10.8 Å². The van der Waals surface area contributed by atoms with E-state index in [1.807, 2.05) is 18.2 Å². The minimum Gasteiger partial charge on any atom is -0.504 e. The van der Waals surface area contributed by atoms with Gasteiger partial charge in [-0.2, -0.15) is 0 Å². The molecule has 4 nitrogen and oxygen atoms in total. The molecule has 1 aromatic carbocycles. The second-order valence-electron chi connectivity index (χ2n) is 2.91. The van der Waals surface area contributed by atoms with Crippen LogP contribution in [-0.4, -0.2) is 24.5 Å². The molecule has 1 aromatic heterocycles. The van der Waals surface area contributed by atoms with E-state index in [-0.39, 0.29) is 0 Å². The fraction of sp³-hybridized carbons (Fsp3) is 0.111. The Balaban J connectivity index is 2.37. The lowest BCUT2D eigenvalue weighted by atomic mass is 10.2. The highest BCUT2D eigenvalue weighted by Gasteiger charge is 2.13. The summed E-state index contributed by atoms with van der Waals surface area (Å²) in [6.07, 6.45) is 0. The fourth-order valence-corrected chi connectivity index (χ4v) is 2.23. The highest BCUT2D eigenvalue weighted by Crippen LogP contribution is 2.33. The van der Waals surface area contributed by atoms with E-state index in [0.717, 1.165) is 15.8 Å². The van der Waals surface area contributed by atoms with Crippen molar-refractivity contribution in [1.82, 2.24) is 0 Å². The third-order valence-corrected chi connectivity index (χ3v) is 2.91.